The largest absolute Gasteiger partial charge is 0.439 e. The van der Waals surface area contributed by atoms with Crippen LogP contribution in [0.25, 0.3) is 0 Å². The fourth-order valence-corrected chi connectivity index (χ4v) is 2.22. The summed E-state index contributed by atoms with van der Waals surface area (Å²) in [7, 11) is 0. The predicted molar refractivity (Wildman–Crippen MR) is 82.0 cm³/mol. The first-order valence-corrected chi connectivity index (χ1v) is 7.23. The van der Waals surface area contributed by atoms with Gasteiger partial charge >= 0.3 is 0 Å². The molecule has 0 atom stereocenters. The lowest BCUT2D eigenvalue weighted by molar-refractivity contribution is 0.457. The van der Waals surface area contributed by atoms with Crippen LogP contribution in [-0.2, 0) is 6.42 Å². The molecule has 0 bridgehead atoms. The molecule has 0 unspecified atom stereocenters. The predicted octanol–water partition coefficient (Wildman–Crippen LogP) is 5.15. The summed E-state index contributed by atoms with van der Waals surface area (Å²) in [6.07, 6.45) is 1.73. The van der Waals surface area contributed by atoms with Crippen LogP contribution in [0.4, 0.5) is 0 Å². The number of rotatable bonds is 4. The van der Waals surface area contributed by atoms with E-state index in [9.17, 15) is 0 Å². The quantitative estimate of drug-likeness (QED) is 0.733. The zero-order valence-electron chi connectivity index (χ0n) is 11.7. The highest BCUT2D eigenvalue weighted by molar-refractivity contribution is 6.32. The normalized spacial score (nSPS) is 10.7. The van der Waals surface area contributed by atoms with Crippen molar-refractivity contribution in [3.8, 4) is 11.6 Å². The van der Waals surface area contributed by atoms with Crippen molar-refractivity contribution in [1.82, 2.24) is 9.97 Å². The highest BCUT2D eigenvalue weighted by Crippen LogP contribution is 2.29. The Bertz CT molecular complexity index is 606. The summed E-state index contributed by atoms with van der Waals surface area (Å²) in [6, 6.07) is 5.37. The van der Waals surface area contributed by atoms with Gasteiger partial charge in [-0.25, -0.2) is 4.98 Å². The molecule has 1 aromatic carbocycles. The molecule has 3 nitrogen and oxygen atoms in total. The summed E-state index contributed by atoms with van der Waals surface area (Å²) in [6.45, 7) is 5.95. The van der Waals surface area contributed by atoms with E-state index < -0.39 is 0 Å². The fraction of sp³-hybridized carbons (Fsp3) is 0.333. The van der Waals surface area contributed by atoms with E-state index in [2.05, 4.69) is 16.9 Å². The second-order valence-corrected chi connectivity index (χ2v) is 5.43. The summed E-state index contributed by atoms with van der Waals surface area (Å²) in [5, 5.41) is 1.14. The van der Waals surface area contributed by atoms with Crippen LogP contribution in [0.2, 0.25) is 10.2 Å². The van der Waals surface area contributed by atoms with Gasteiger partial charge in [0.2, 0.25) is 5.88 Å². The Hall–Kier alpha value is -1.32. The summed E-state index contributed by atoms with van der Waals surface area (Å²) in [4.78, 5) is 8.52. The lowest BCUT2D eigenvalue weighted by Gasteiger charge is -2.10. The Morgan fingerprint density at radius 1 is 1.05 bits per heavy atom. The third-order valence-corrected chi connectivity index (χ3v) is 3.61. The molecule has 1 heterocycles. The van der Waals surface area contributed by atoms with Gasteiger partial charge in [-0.05, 0) is 43.5 Å². The van der Waals surface area contributed by atoms with Crippen molar-refractivity contribution in [2.24, 2.45) is 0 Å². The van der Waals surface area contributed by atoms with Crippen LogP contribution in [0.15, 0.2) is 18.2 Å². The van der Waals surface area contributed by atoms with Crippen LogP contribution in [0, 0.1) is 13.8 Å². The Labute approximate surface area is 128 Å². The minimum Gasteiger partial charge on any atom is -0.439 e. The number of nitrogens with zero attached hydrogens (tertiary/aromatic N) is 2. The zero-order chi connectivity index (χ0) is 14.7. The molecule has 0 radical (unpaired) electrons. The van der Waals surface area contributed by atoms with E-state index in [0.717, 1.165) is 29.0 Å². The Balaban J connectivity index is 2.30. The average molecular weight is 311 g/mol. The second-order valence-electron chi connectivity index (χ2n) is 4.67. The number of aryl methyl sites for hydroxylation is 3. The van der Waals surface area contributed by atoms with E-state index in [-0.39, 0.29) is 0 Å². The monoisotopic (exact) mass is 310 g/mol. The summed E-state index contributed by atoms with van der Waals surface area (Å²) < 4.78 is 5.77. The van der Waals surface area contributed by atoms with Crippen molar-refractivity contribution in [2.45, 2.75) is 33.6 Å². The molecule has 0 aliphatic carbocycles. The second kappa shape index (κ2) is 6.42. The molecule has 2 rings (SSSR count). The topological polar surface area (TPSA) is 35.0 Å². The van der Waals surface area contributed by atoms with Gasteiger partial charge in [0.1, 0.15) is 16.7 Å². The van der Waals surface area contributed by atoms with Crippen LogP contribution < -0.4 is 4.74 Å². The third-order valence-electron chi connectivity index (χ3n) is 2.82. The van der Waals surface area contributed by atoms with E-state index >= 15 is 0 Å². The van der Waals surface area contributed by atoms with Crippen molar-refractivity contribution in [3.05, 3.63) is 45.3 Å². The fourth-order valence-electron chi connectivity index (χ4n) is 1.92. The number of ether oxygens (including phenoxy) is 1. The number of hydrogen-bond acceptors (Lipinski definition) is 3. The lowest BCUT2D eigenvalue weighted by atomic mass is 10.1. The van der Waals surface area contributed by atoms with E-state index in [1.165, 1.54) is 0 Å². The number of hydrogen-bond donors (Lipinski definition) is 0. The smallest absolute Gasteiger partial charge is 0.224 e. The standard InChI is InChI=1S/C15H16Cl2N2O/c1-4-5-13-18-12(16)8-14(19-13)20-11-6-9(2)15(17)10(3)7-11/h6-8H,4-5H2,1-3H3. The van der Waals surface area contributed by atoms with Crippen molar-refractivity contribution < 1.29 is 4.74 Å². The van der Waals surface area contributed by atoms with Crippen molar-refractivity contribution >= 4 is 23.2 Å². The molecule has 0 N–H and O–H groups in total. The molecule has 0 aliphatic heterocycles. The first-order valence-electron chi connectivity index (χ1n) is 6.47. The zero-order valence-corrected chi connectivity index (χ0v) is 13.2. The molecule has 0 fully saturated rings. The van der Waals surface area contributed by atoms with Crippen LogP contribution in [0.1, 0.15) is 30.3 Å². The highest BCUT2D eigenvalue weighted by Gasteiger charge is 2.08. The maximum absolute atomic E-state index is 6.14. The van der Waals surface area contributed by atoms with Crippen molar-refractivity contribution in [2.75, 3.05) is 0 Å². The molecule has 2 aromatic rings. The molecular weight excluding hydrogens is 295 g/mol. The Kier molecular flexibility index (Phi) is 4.84. The molecule has 0 saturated carbocycles. The Morgan fingerprint density at radius 2 is 1.70 bits per heavy atom. The van der Waals surface area contributed by atoms with E-state index in [0.29, 0.717) is 22.6 Å². The van der Waals surface area contributed by atoms with E-state index in [1.54, 1.807) is 6.07 Å². The SMILES string of the molecule is CCCc1nc(Cl)cc(Oc2cc(C)c(Cl)c(C)c2)n1. The summed E-state index contributed by atoms with van der Waals surface area (Å²) >= 11 is 12.1. The average Bonchev–Trinajstić information content (AvgIpc) is 2.35. The first-order chi connectivity index (χ1) is 9.49. The van der Waals surface area contributed by atoms with Gasteiger partial charge in [0, 0.05) is 17.5 Å². The molecular formula is C15H16Cl2N2O. The Morgan fingerprint density at radius 3 is 2.30 bits per heavy atom. The molecule has 0 saturated heterocycles. The number of halogens is 2. The van der Waals surface area contributed by atoms with Crippen LogP contribution in [-0.4, -0.2) is 9.97 Å². The van der Waals surface area contributed by atoms with Gasteiger partial charge in [0.25, 0.3) is 0 Å². The molecule has 0 amide bonds. The number of aromatic nitrogens is 2. The first kappa shape index (κ1) is 15.1. The summed E-state index contributed by atoms with van der Waals surface area (Å²) in [5.41, 5.74) is 1.94. The number of benzene rings is 1. The van der Waals surface area contributed by atoms with Gasteiger partial charge in [-0.3, -0.25) is 0 Å². The lowest BCUT2D eigenvalue weighted by Crippen LogP contribution is -1.98. The molecule has 5 heteroatoms. The van der Waals surface area contributed by atoms with Gasteiger partial charge < -0.3 is 4.74 Å². The van der Waals surface area contributed by atoms with Crippen LogP contribution >= 0.6 is 23.2 Å². The summed E-state index contributed by atoms with van der Waals surface area (Å²) in [5.74, 6) is 1.84. The van der Waals surface area contributed by atoms with Gasteiger partial charge in [0.15, 0.2) is 0 Å². The minimum atomic E-state index is 0.390. The van der Waals surface area contributed by atoms with E-state index in [4.69, 9.17) is 27.9 Å². The van der Waals surface area contributed by atoms with Gasteiger partial charge in [-0.1, -0.05) is 30.1 Å². The molecule has 0 aliphatic rings. The van der Waals surface area contributed by atoms with Crippen LogP contribution in [0.3, 0.4) is 0 Å². The van der Waals surface area contributed by atoms with Crippen molar-refractivity contribution in [1.29, 1.82) is 0 Å². The van der Waals surface area contributed by atoms with Crippen LogP contribution in [0.5, 0.6) is 11.6 Å². The molecule has 20 heavy (non-hydrogen) atoms. The maximum Gasteiger partial charge on any atom is 0.224 e. The molecule has 106 valence electrons. The minimum absolute atomic E-state index is 0.390. The molecule has 1 aromatic heterocycles. The van der Waals surface area contributed by atoms with Gasteiger partial charge in [0.05, 0.1) is 0 Å². The maximum atomic E-state index is 6.14. The van der Waals surface area contributed by atoms with Gasteiger partial charge in [-0.2, -0.15) is 4.98 Å². The molecule has 0 spiro atoms. The van der Waals surface area contributed by atoms with Gasteiger partial charge in [-0.15, -0.1) is 0 Å². The van der Waals surface area contributed by atoms with Crippen molar-refractivity contribution in [3.63, 3.8) is 0 Å². The third kappa shape index (κ3) is 3.62. The van der Waals surface area contributed by atoms with E-state index in [1.807, 2.05) is 26.0 Å². The highest BCUT2D eigenvalue weighted by atomic mass is 35.5.